The summed E-state index contributed by atoms with van der Waals surface area (Å²) in [5.41, 5.74) is 4.47. The quantitative estimate of drug-likeness (QED) is 0.529. The molecule has 0 aliphatic carbocycles. The van der Waals surface area contributed by atoms with Crippen LogP contribution in [0.2, 0.25) is 0 Å². The Morgan fingerprint density at radius 2 is 1.58 bits per heavy atom. The van der Waals surface area contributed by atoms with E-state index >= 15 is 0 Å². The van der Waals surface area contributed by atoms with Crippen molar-refractivity contribution in [2.45, 2.75) is 13.8 Å². The van der Waals surface area contributed by atoms with Gasteiger partial charge in [0.1, 0.15) is 17.2 Å². The summed E-state index contributed by atoms with van der Waals surface area (Å²) in [6, 6.07) is 22.1. The number of Topliss-reactive ketones (excluding diaryl/α,β-unsaturated/α-hetero) is 1. The molecule has 118 valence electrons. The van der Waals surface area contributed by atoms with Gasteiger partial charge in [-0.1, -0.05) is 48.5 Å². The molecule has 4 rings (SSSR count). The number of para-hydroxylation sites is 1. The Morgan fingerprint density at radius 3 is 2.21 bits per heavy atom. The summed E-state index contributed by atoms with van der Waals surface area (Å²) in [6.45, 7) is 3.54. The first kappa shape index (κ1) is 14.5. The zero-order chi connectivity index (χ0) is 16.7. The average molecular weight is 315 g/mol. The highest BCUT2D eigenvalue weighted by Gasteiger charge is 2.21. The van der Waals surface area contributed by atoms with Gasteiger partial charge in [-0.15, -0.1) is 0 Å². The Labute approximate surface area is 140 Å². The first-order valence-electron chi connectivity index (χ1n) is 7.89. The number of aryl methyl sites for hydroxylation is 1. The molecule has 0 fully saturated rings. The first-order valence-corrected chi connectivity index (χ1v) is 7.89. The zero-order valence-corrected chi connectivity index (χ0v) is 13.6. The molecule has 4 heteroatoms. The maximum absolute atomic E-state index is 12.3. The fourth-order valence-electron chi connectivity index (χ4n) is 3.18. The van der Waals surface area contributed by atoms with Crippen molar-refractivity contribution in [2.24, 2.45) is 0 Å². The molecule has 4 nitrogen and oxygen atoms in total. The number of rotatable bonds is 3. The zero-order valence-electron chi connectivity index (χ0n) is 13.6. The van der Waals surface area contributed by atoms with Gasteiger partial charge in [0.25, 0.3) is 0 Å². The van der Waals surface area contributed by atoms with Crippen LogP contribution in [0.5, 0.6) is 0 Å². The molecule has 0 N–H and O–H groups in total. The second-order valence-electron chi connectivity index (χ2n) is 5.82. The van der Waals surface area contributed by atoms with Crippen LogP contribution in [0.3, 0.4) is 0 Å². The van der Waals surface area contributed by atoms with Crippen LogP contribution in [0.15, 0.2) is 66.7 Å². The SMILES string of the molecule is CC(=O)c1c(-c2ccccc2)cc2n(-c3ccccc3)c(C)nn12. The monoisotopic (exact) mass is 315 g/mol. The molecule has 2 aromatic carbocycles. The molecule has 0 spiro atoms. The van der Waals surface area contributed by atoms with E-state index in [-0.39, 0.29) is 5.78 Å². The highest BCUT2D eigenvalue weighted by molar-refractivity contribution is 6.01. The summed E-state index contributed by atoms with van der Waals surface area (Å²) in [6.07, 6.45) is 0. The third-order valence-corrected chi connectivity index (χ3v) is 4.19. The lowest BCUT2D eigenvalue weighted by atomic mass is 10.0. The van der Waals surface area contributed by atoms with Gasteiger partial charge in [-0.2, -0.15) is 5.10 Å². The van der Waals surface area contributed by atoms with E-state index in [9.17, 15) is 4.79 Å². The van der Waals surface area contributed by atoms with Gasteiger partial charge in [-0.25, -0.2) is 4.52 Å². The molecule has 4 aromatic rings. The van der Waals surface area contributed by atoms with Gasteiger partial charge in [0.15, 0.2) is 5.78 Å². The minimum atomic E-state index is 0.00608. The highest BCUT2D eigenvalue weighted by atomic mass is 16.1. The Balaban J connectivity index is 2.05. The molecule has 0 saturated heterocycles. The van der Waals surface area contributed by atoms with Gasteiger partial charge in [0, 0.05) is 18.2 Å². The smallest absolute Gasteiger partial charge is 0.178 e. The van der Waals surface area contributed by atoms with Gasteiger partial charge in [-0.05, 0) is 30.7 Å². The Hall–Kier alpha value is -3.14. The van der Waals surface area contributed by atoms with E-state index in [1.807, 2.05) is 73.7 Å². The molecule has 0 unspecified atom stereocenters. The Bertz CT molecular complexity index is 1030. The summed E-state index contributed by atoms with van der Waals surface area (Å²) in [5, 5.41) is 4.62. The van der Waals surface area contributed by atoms with Gasteiger partial charge in [0.05, 0.1) is 0 Å². The molecule has 0 aliphatic rings. The van der Waals surface area contributed by atoms with Crippen LogP contribution in [0.4, 0.5) is 0 Å². The summed E-state index contributed by atoms with van der Waals surface area (Å²) >= 11 is 0. The second-order valence-corrected chi connectivity index (χ2v) is 5.82. The number of carbonyl (C=O) groups is 1. The maximum atomic E-state index is 12.3. The highest BCUT2D eigenvalue weighted by Crippen LogP contribution is 2.29. The van der Waals surface area contributed by atoms with Crippen molar-refractivity contribution in [3.8, 4) is 16.8 Å². The lowest BCUT2D eigenvalue weighted by Gasteiger charge is -2.04. The third kappa shape index (κ3) is 2.15. The fraction of sp³-hybridized carbons (Fsp3) is 0.100. The van der Waals surface area contributed by atoms with E-state index in [0.29, 0.717) is 5.69 Å². The average Bonchev–Trinajstić information content (AvgIpc) is 3.10. The van der Waals surface area contributed by atoms with Crippen molar-refractivity contribution in [3.05, 3.63) is 78.2 Å². The summed E-state index contributed by atoms with van der Waals surface area (Å²) in [4.78, 5) is 12.3. The number of nitrogens with zero attached hydrogens (tertiary/aromatic N) is 3. The van der Waals surface area contributed by atoms with Gasteiger partial charge < -0.3 is 0 Å². The predicted octanol–water partition coefficient (Wildman–Crippen LogP) is 4.30. The minimum absolute atomic E-state index is 0.00608. The summed E-state index contributed by atoms with van der Waals surface area (Å²) in [5.74, 6) is 0.852. The fourth-order valence-corrected chi connectivity index (χ4v) is 3.18. The van der Waals surface area contributed by atoms with Crippen molar-refractivity contribution < 1.29 is 4.79 Å². The van der Waals surface area contributed by atoms with Gasteiger partial charge >= 0.3 is 0 Å². The molecule has 24 heavy (non-hydrogen) atoms. The molecule has 0 saturated carbocycles. The molecule has 2 heterocycles. The molecule has 0 aliphatic heterocycles. The second kappa shape index (κ2) is 5.49. The molecule has 2 aromatic heterocycles. The largest absolute Gasteiger partial charge is 0.293 e. The number of hydrogen-bond acceptors (Lipinski definition) is 2. The molecule has 0 atom stereocenters. The third-order valence-electron chi connectivity index (χ3n) is 4.19. The van der Waals surface area contributed by atoms with Crippen LogP contribution in [0, 0.1) is 6.92 Å². The Morgan fingerprint density at radius 1 is 0.958 bits per heavy atom. The molecule has 0 amide bonds. The topological polar surface area (TPSA) is 39.3 Å². The molecular formula is C20H17N3O. The number of benzene rings is 2. The Kier molecular flexibility index (Phi) is 3.31. The van der Waals surface area contributed by atoms with Crippen molar-refractivity contribution in [3.63, 3.8) is 0 Å². The number of hydrogen-bond donors (Lipinski definition) is 0. The molecule has 0 radical (unpaired) electrons. The van der Waals surface area contributed by atoms with Gasteiger partial charge in [0.2, 0.25) is 0 Å². The van der Waals surface area contributed by atoms with Crippen molar-refractivity contribution >= 4 is 11.4 Å². The summed E-state index contributed by atoms with van der Waals surface area (Å²) < 4.78 is 3.83. The van der Waals surface area contributed by atoms with Crippen molar-refractivity contribution in [1.29, 1.82) is 0 Å². The normalized spacial score (nSPS) is 11.1. The van der Waals surface area contributed by atoms with E-state index < -0.39 is 0 Å². The number of carbonyl (C=O) groups excluding carboxylic acids is 1. The van der Waals surface area contributed by atoms with Gasteiger partial charge in [-0.3, -0.25) is 9.36 Å². The molecular weight excluding hydrogens is 298 g/mol. The van der Waals surface area contributed by atoms with Crippen LogP contribution in [-0.2, 0) is 0 Å². The van der Waals surface area contributed by atoms with E-state index in [2.05, 4.69) is 9.67 Å². The van der Waals surface area contributed by atoms with E-state index in [4.69, 9.17) is 0 Å². The van der Waals surface area contributed by atoms with Crippen LogP contribution >= 0.6 is 0 Å². The van der Waals surface area contributed by atoms with Crippen molar-refractivity contribution in [1.82, 2.24) is 14.2 Å². The van der Waals surface area contributed by atoms with E-state index in [1.165, 1.54) is 0 Å². The lowest BCUT2D eigenvalue weighted by molar-refractivity contribution is 0.101. The van der Waals surface area contributed by atoms with E-state index in [0.717, 1.165) is 28.3 Å². The van der Waals surface area contributed by atoms with Crippen LogP contribution in [-0.4, -0.2) is 20.0 Å². The minimum Gasteiger partial charge on any atom is -0.293 e. The summed E-state index contributed by atoms with van der Waals surface area (Å²) in [7, 11) is 0. The van der Waals surface area contributed by atoms with Crippen LogP contribution in [0.25, 0.3) is 22.5 Å². The first-order chi connectivity index (χ1) is 11.7. The number of ketones is 1. The van der Waals surface area contributed by atoms with Crippen molar-refractivity contribution in [2.75, 3.05) is 0 Å². The predicted molar refractivity (Wildman–Crippen MR) is 94.7 cm³/mol. The maximum Gasteiger partial charge on any atom is 0.178 e. The lowest BCUT2D eigenvalue weighted by Crippen LogP contribution is -2.01. The van der Waals surface area contributed by atoms with Crippen LogP contribution in [0.1, 0.15) is 23.2 Å². The van der Waals surface area contributed by atoms with E-state index in [1.54, 1.807) is 11.4 Å². The number of fused-ring (bicyclic) bond motifs is 1. The molecule has 0 bridgehead atoms. The van der Waals surface area contributed by atoms with Crippen LogP contribution < -0.4 is 0 Å². The standard InChI is InChI=1S/C20H17N3O/c1-14(24)20-18(16-9-5-3-6-10-16)13-19-22(15(2)21-23(19)20)17-11-7-4-8-12-17/h3-13H,1-2H3. The number of aromatic nitrogens is 3.